The number of hydrogen-bond acceptors (Lipinski definition) is 11. The van der Waals surface area contributed by atoms with E-state index in [0.29, 0.717) is 55.8 Å². The minimum Gasteiger partial charge on any atom is -0.404 e. The van der Waals surface area contributed by atoms with Gasteiger partial charge in [0.05, 0.1) is 16.2 Å². The van der Waals surface area contributed by atoms with Crippen molar-refractivity contribution in [1.29, 1.82) is 5.41 Å². The summed E-state index contributed by atoms with van der Waals surface area (Å²) in [4.78, 5) is 37.3. The molecule has 24 heteroatoms. The van der Waals surface area contributed by atoms with Crippen LogP contribution in [0.4, 0.5) is 55.9 Å². The summed E-state index contributed by atoms with van der Waals surface area (Å²) >= 11 is 0. The number of nitrogens with two attached hydrogens (primary N) is 1. The Morgan fingerprint density at radius 2 is 1.69 bits per heavy atom. The highest BCUT2D eigenvalue weighted by Crippen LogP contribution is 2.40. The Kier molecular flexibility index (Phi) is 14.7. The van der Waals surface area contributed by atoms with Crippen LogP contribution in [0, 0.1) is 5.41 Å². The van der Waals surface area contributed by atoms with Crippen molar-refractivity contribution in [2.75, 3.05) is 56.9 Å². The number of carbonyl (C=O) groups excluding carboxylic acids is 2. The molecule has 3 saturated heterocycles. The molecule has 2 aromatic carbocycles. The van der Waals surface area contributed by atoms with Crippen LogP contribution < -0.4 is 21.7 Å². The van der Waals surface area contributed by atoms with Gasteiger partial charge < -0.3 is 16.4 Å². The molecule has 3 fully saturated rings. The molecule has 0 aliphatic carbocycles. The van der Waals surface area contributed by atoms with Gasteiger partial charge in [0.1, 0.15) is 28.9 Å². The van der Waals surface area contributed by atoms with Gasteiger partial charge in [0.2, 0.25) is 11.9 Å². The lowest BCUT2D eigenvalue weighted by molar-refractivity contribution is -0.141. The molecule has 6 rings (SSSR count). The van der Waals surface area contributed by atoms with Crippen LogP contribution in [-0.4, -0.2) is 111 Å². The van der Waals surface area contributed by atoms with E-state index in [9.17, 15) is 53.3 Å². The molecule has 3 aliphatic heterocycles. The van der Waals surface area contributed by atoms with Gasteiger partial charge >= 0.3 is 24.6 Å². The number of amidine groups is 1. The van der Waals surface area contributed by atoms with E-state index in [2.05, 4.69) is 30.9 Å². The fourth-order valence-electron chi connectivity index (χ4n) is 7.79. The maximum atomic E-state index is 14.8. The van der Waals surface area contributed by atoms with Crippen molar-refractivity contribution < 1.29 is 53.3 Å². The number of amides is 3. The van der Waals surface area contributed by atoms with Crippen molar-refractivity contribution >= 4 is 52.2 Å². The number of carbonyl (C=O) groups is 2. The fraction of sp³-hybridized carbons (Fsp3) is 0.450. The first kappa shape index (κ1) is 47.8. The topological polar surface area (TPSA) is 185 Å². The molecule has 1 unspecified atom stereocenters. The molecular weight excluding hydrogens is 886 g/mol. The van der Waals surface area contributed by atoms with Crippen LogP contribution in [0.15, 0.2) is 58.7 Å². The number of halogens is 9. The number of benzene rings is 2. The standard InChI is InChI=1S/C40H44F9N11O3S/c1-52-30-17-24(5-6-28(30)35(51)60-16-11-32(61)56-37(60)62)23-7-12-58(13-8-23)21-25-3-2-4-31(33(25)40(47,48)49)64(63)59-14-9-27(10-15-59)55-36-54-20-29(39(44,45)46)34(57-36)26(18-50)19-53-22-38(41,42)43/h2-6,17-20,23,27,51-52H,7-16,21-22,50H2,1H3,(H,54,55,57)(H,56,61,62)/b26-18+,51-35?,53-19?. The number of aliphatic imine (C=N–C) groups is 1. The molecule has 3 amide bonds. The minimum atomic E-state index is -5.00. The Morgan fingerprint density at radius 3 is 2.30 bits per heavy atom. The number of allylic oxidation sites excluding steroid dienone is 1. The molecule has 6 N–H and O–H groups in total. The van der Waals surface area contributed by atoms with Crippen molar-refractivity contribution in [1.82, 2.24) is 29.4 Å². The summed E-state index contributed by atoms with van der Waals surface area (Å²) in [6.07, 6.45) is -11.3. The van der Waals surface area contributed by atoms with Gasteiger partial charge in [0.25, 0.3) is 0 Å². The summed E-state index contributed by atoms with van der Waals surface area (Å²) in [6.45, 7) is -0.675. The van der Waals surface area contributed by atoms with Crippen LogP contribution in [0.5, 0.6) is 0 Å². The molecule has 1 atom stereocenters. The molecule has 0 saturated carbocycles. The molecule has 1 aromatic heterocycles. The third-order valence-electron chi connectivity index (χ3n) is 11.0. The highest BCUT2D eigenvalue weighted by Gasteiger charge is 2.40. The van der Waals surface area contributed by atoms with Crippen LogP contribution in [0.1, 0.15) is 71.5 Å². The van der Waals surface area contributed by atoms with Crippen molar-refractivity contribution in [3.63, 3.8) is 0 Å². The zero-order chi connectivity index (χ0) is 46.6. The second-order valence-corrected chi connectivity index (χ2v) is 16.7. The largest absolute Gasteiger partial charge is 0.419 e. The van der Waals surface area contributed by atoms with Gasteiger partial charge in [0, 0.05) is 81.1 Å². The third-order valence-corrected chi connectivity index (χ3v) is 12.5. The fourth-order valence-corrected chi connectivity index (χ4v) is 9.23. The van der Waals surface area contributed by atoms with Crippen LogP contribution in [0.25, 0.3) is 5.57 Å². The molecule has 0 spiro atoms. The van der Waals surface area contributed by atoms with Gasteiger partial charge in [-0.2, -0.15) is 39.5 Å². The van der Waals surface area contributed by atoms with E-state index < -0.39 is 81.3 Å². The number of nitrogens with zero attached hydrogens (tertiary/aromatic N) is 6. The SMILES string of the molecule is CNc1cc(C2CCN(Cc3cccc(S(=O)N4CCC(Nc5ncc(C(F)(F)F)c(/C(C=NCC(F)(F)F)=C/N)n5)CC4)c3C(F)(F)F)CC2)ccc1C(=N)N1CCC(=O)NC1=O. The van der Waals surface area contributed by atoms with Crippen molar-refractivity contribution in [3.05, 3.63) is 82.3 Å². The number of alkyl halides is 9. The zero-order valence-electron chi connectivity index (χ0n) is 34.1. The number of aromatic nitrogens is 2. The van der Waals surface area contributed by atoms with Crippen LogP contribution in [0.2, 0.25) is 0 Å². The number of nitrogens with one attached hydrogen (secondary N) is 4. The summed E-state index contributed by atoms with van der Waals surface area (Å²) < 4.78 is 139. The summed E-state index contributed by atoms with van der Waals surface area (Å²) in [5, 5.41) is 16.8. The first-order valence-electron chi connectivity index (χ1n) is 20.0. The number of rotatable bonds is 12. The predicted molar refractivity (Wildman–Crippen MR) is 220 cm³/mol. The average Bonchev–Trinajstić information content (AvgIpc) is 3.24. The molecule has 3 aromatic rings. The second-order valence-electron chi connectivity index (χ2n) is 15.3. The minimum absolute atomic E-state index is 0.0246. The lowest BCUT2D eigenvalue weighted by Crippen LogP contribution is -2.52. The number of hydrogen-bond donors (Lipinski definition) is 5. The number of anilines is 2. The Hall–Kier alpha value is -5.62. The lowest BCUT2D eigenvalue weighted by Gasteiger charge is -2.34. The van der Waals surface area contributed by atoms with E-state index in [1.165, 1.54) is 27.4 Å². The molecule has 3 aliphatic rings. The van der Waals surface area contributed by atoms with Crippen molar-refractivity contribution in [2.45, 2.75) is 74.0 Å². The van der Waals surface area contributed by atoms with Crippen molar-refractivity contribution in [2.24, 2.45) is 10.7 Å². The Morgan fingerprint density at radius 1 is 0.984 bits per heavy atom. The quantitative estimate of drug-likeness (QED) is 0.0747. The number of urea groups is 1. The molecule has 346 valence electrons. The summed E-state index contributed by atoms with van der Waals surface area (Å²) in [5.74, 6) is -0.741. The molecule has 0 radical (unpaired) electrons. The average molecular weight is 930 g/mol. The highest BCUT2D eigenvalue weighted by molar-refractivity contribution is 7.82. The van der Waals surface area contributed by atoms with E-state index in [0.717, 1.165) is 5.56 Å². The van der Waals surface area contributed by atoms with E-state index >= 15 is 0 Å². The van der Waals surface area contributed by atoms with Crippen LogP contribution in [-0.2, 0) is 34.7 Å². The third kappa shape index (κ3) is 11.5. The first-order valence-corrected chi connectivity index (χ1v) is 21.1. The molecule has 0 bridgehead atoms. The summed E-state index contributed by atoms with van der Waals surface area (Å²) in [7, 11) is -0.568. The zero-order valence-corrected chi connectivity index (χ0v) is 34.9. The number of imide groups is 1. The van der Waals surface area contributed by atoms with Gasteiger partial charge in [-0.3, -0.25) is 30.3 Å². The van der Waals surface area contributed by atoms with E-state index in [-0.39, 0.29) is 68.7 Å². The Balaban J connectivity index is 1.09. The van der Waals surface area contributed by atoms with E-state index in [1.54, 1.807) is 13.1 Å². The smallest absolute Gasteiger partial charge is 0.404 e. The number of piperidine rings is 2. The predicted octanol–water partition coefficient (Wildman–Crippen LogP) is 6.73. The lowest BCUT2D eigenvalue weighted by atomic mass is 9.88. The van der Waals surface area contributed by atoms with Crippen LogP contribution in [0.3, 0.4) is 0 Å². The molecule has 4 heterocycles. The van der Waals surface area contributed by atoms with Gasteiger partial charge in [-0.15, -0.1) is 0 Å². The second kappa shape index (κ2) is 19.6. The van der Waals surface area contributed by atoms with E-state index in [1.807, 2.05) is 17.0 Å². The maximum absolute atomic E-state index is 14.8. The summed E-state index contributed by atoms with van der Waals surface area (Å²) in [5.41, 5.74) is 3.69. The van der Waals surface area contributed by atoms with Gasteiger partial charge in [-0.05, 0) is 74.0 Å². The number of likely N-dealkylation sites (tertiary alicyclic amines) is 1. The maximum Gasteiger partial charge on any atom is 0.419 e. The Bertz CT molecular complexity index is 2310. The van der Waals surface area contributed by atoms with Gasteiger partial charge in [-0.1, -0.05) is 18.2 Å². The van der Waals surface area contributed by atoms with Crippen molar-refractivity contribution in [3.8, 4) is 0 Å². The normalized spacial score (nSPS) is 18.7. The molecule has 14 nitrogen and oxygen atoms in total. The van der Waals surface area contributed by atoms with E-state index in [4.69, 9.17) is 11.1 Å². The first-order chi connectivity index (χ1) is 30.2. The van der Waals surface area contributed by atoms with Gasteiger partial charge in [-0.25, -0.2) is 23.3 Å². The highest BCUT2D eigenvalue weighted by atomic mass is 32.2. The van der Waals surface area contributed by atoms with Crippen LogP contribution >= 0.6 is 0 Å². The summed E-state index contributed by atoms with van der Waals surface area (Å²) in [6, 6.07) is 8.25. The van der Waals surface area contributed by atoms with Gasteiger partial charge in [0.15, 0.2) is 0 Å². The molecular formula is C40H44F9N11O3S. The molecule has 64 heavy (non-hydrogen) atoms. The Labute approximate surface area is 363 Å². The monoisotopic (exact) mass is 929 g/mol.